The number of halogens is 2. The van der Waals surface area contributed by atoms with Crippen molar-refractivity contribution in [2.45, 2.75) is 12.8 Å². The van der Waals surface area contributed by atoms with Gasteiger partial charge in [-0.1, -0.05) is 0 Å². The summed E-state index contributed by atoms with van der Waals surface area (Å²) in [6, 6.07) is 3.97. The number of hydrogen-bond acceptors (Lipinski definition) is 4. The molecule has 0 saturated carbocycles. The fourth-order valence-electron chi connectivity index (χ4n) is 1.89. The Labute approximate surface area is 114 Å². The van der Waals surface area contributed by atoms with Crippen LogP contribution in [0.4, 0.5) is 20.2 Å². The van der Waals surface area contributed by atoms with E-state index in [1.54, 1.807) is 6.07 Å². The van der Waals surface area contributed by atoms with Crippen LogP contribution in [0.25, 0.3) is 0 Å². The third kappa shape index (κ3) is 2.74. The molecule has 0 spiro atoms. The first kappa shape index (κ1) is 13.9. The molecule has 1 heterocycles. The van der Waals surface area contributed by atoms with Gasteiger partial charge in [-0.05, 0) is 31.0 Å². The molecule has 0 aliphatic carbocycles. The second-order valence-corrected chi connectivity index (χ2v) is 4.38. The number of benzene rings is 1. The highest BCUT2D eigenvalue weighted by molar-refractivity contribution is 5.84. The average Bonchev–Trinajstić information content (AvgIpc) is 2.44. The zero-order valence-electron chi connectivity index (χ0n) is 10.7. The van der Waals surface area contributed by atoms with E-state index in [0.29, 0.717) is 23.4 Å². The summed E-state index contributed by atoms with van der Waals surface area (Å²) in [5.74, 6) is -1.35. The Morgan fingerprint density at radius 2 is 1.90 bits per heavy atom. The molecule has 0 aliphatic rings. The number of nitrogen functional groups attached to an aromatic ring is 2. The quantitative estimate of drug-likeness (QED) is 0.591. The monoisotopic (exact) mass is 276 g/mol. The molecule has 20 heavy (non-hydrogen) atoms. The second-order valence-electron chi connectivity index (χ2n) is 4.38. The summed E-state index contributed by atoms with van der Waals surface area (Å²) in [6.07, 6.45) is 3.01. The molecule has 0 saturated heterocycles. The fraction of sp³-hybridized carbons (Fsp3) is 0.143. The minimum atomic E-state index is -0.729. The van der Waals surface area contributed by atoms with Gasteiger partial charge < -0.3 is 16.9 Å². The van der Waals surface area contributed by atoms with Gasteiger partial charge in [0.15, 0.2) is 5.82 Å². The number of anilines is 2. The van der Waals surface area contributed by atoms with Crippen molar-refractivity contribution in [1.82, 2.24) is 4.98 Å². The third-order valence-electron chi connectivity index (χ3n) is 3.03. The van der Waals surface area contributed by atoms with Gasteiger partial charge in [0, 0.05) is 23.0 Å². The van der Waals surface area contributed by atoms with Crippen LogP contribution in [-0.4, -0.2) is 11.2 Å². The van der Waals surface area contributed by atoms with E-state index in [2.05, 4.69) is 4.98 Å². The van der Waals surface area contributed by atoms with Crippen LogP contribution in [0.3, 0.4) is 0 Å². The van der Waals surface area contributed by atoms with E-state index in [-0.39, 0.29) is 17.7 Å². The predicted molar refractivity (Wildman–Crippen MR) is 74.7 cm³/mol. The standard InChI is InChI=1S/C14H14F2N4/c15-11-3-4-12(18)14(16)10(11)2-1-9-5-8(6-17)13(19)7-20-9/h3-7,17H,1-2,18-19H2. The summed E-state index contributed by atoms with van der Waals surface area (Å²) in [5, 5.41) is 7.20. The predicted octanol–water partition coefficient (Wildman–Crippen LogP) is 2.31. The Morgan fingerprint density at radius 3 is 2.60 bits per heavy atom. The molecule has 0 amide bonds. The van der Waals surface area contributed by atoms with Crippen molar-refractivity contribution in [3.63, 3.8) is 0 Å². The van der Waals surface area contributed by atoms with Crippen LogP contribution < -0.4 is 11.5 Å². The fourth-order valence-corrected chi connectivity index (χ4v) is 1.89. The number of aryl methyl sites for hydroxylation is 1. The van der Waals surface area contributed by atoms with E-state index < -0.39 is 11.6 Å². The highest BCUT2D eigenvalue weighted by Crippen LogP contribution is 2.20. The maximum atomic E-state index is 13.7. The highest BCUT2D eigenvalue weighted by atomic mass is 19.1. The van der Waals surface area contributed by atoms with E-state index in [0.717, 1.165) is 12.3 Å². The lowest BCUT2D eigenvalue weighted by Gasteiger charge is -2.08. The Hall–Kier alpha value is -2.50. The number of pyridine rings is 1. The molecule has 0 atom stereocenters. The van der Waals surface area contributed by atoms with Crippen LogP contribution in [0.15, 0.2) is 24.4 Å². The first-order valence-corrected chi connectivity index (χ1v) is 6.00. The van der Waals surface area contributed by atoms with Gasteiger partial charge in [0.05, 0.1) is 17.6 Å². The maximum Gasteiger partial charge on any atom is 0.152 e. The van der Waals surface area contributed by atoms with E-state index >= 15 is 0 Å². The van der Waals surface area contributed by atoms with Crippen LogP contribution in [-0.2, 0) is 12.8 Å². The Kier molecular flexibility index (Phi) is 3.93. The van der Waals surface area contributed by atoms with Crippen LogP contribution in [0, 0.1) is 17.0 Å². The topological polar surface area (TPSA) is 88.8 Å². The SMILES string of the molecule is N=Cc1cc(CCc2c(F)ccc(N)c2F)ncc1N. The van der Waals surface area contributed by atoms with Gasteiger partial charge in [-0.2, -0.15) is 0 Å². The van der Waals surface area contributed by atoms with E-state index in [1.165, 1.54) is 12.3 Å². The minimum absolute atomic E-state index is 0.0555. The maximum absolute atomic E-state index is 13.7. The normalized spacial score (nSPS) is 10.5. The number of aromatic nitrogens is 1. The Morgan fingerprint density at radius 1 is 1.15 bits per heavy atom. The van der Waals surface area contributed by atoms with Gasteiger partial charge in [-0.15, -0.1) is 0 Å². The van der Waals surface area contributed by atoms with Crippen LogP contribution >= 0.6 is 0 Å². The van der Waals surface area contributed by atoms with Crippen LogP contribution in [0.2, 0.25) is 0 Å². The molecule has 0 unspecified atom stereocenters. The molecule has 5 N–H and O–H groups in total. The van der Waals surface area contributed by atoms with Gasteiger partial charge in [0.1, 0.15) is 5.82 Å². The van der Waals surface area contributed by atoms with Crippen LogP contribution in [0.1, 0.15) is 16.8 Å². The Bertz CT molecular complexity index is 656. The third-order valence-corrected chi connectivity index (χ3v) is 3.03. The number of nitrogens with zero attached hydrogens (tertiary/aromatic N) is 1. The Balaban J connectivity index is 2.21. The lowest BCUT2D eigenvalue weighted by Crippen LogP contribution is -2.04. The molecule has 1 aromatic carbocycles. The molecule has 104 valence electrons. The van der Waals surface area contributed by atoms with Crippen molar-refractivity contribution in [3.8, 4) is 0 Å². The largest absolute Gasteiger partial charge is 0.397 e. The summed E-state index contributed by atoms with van der Waals surface area (Å²) in [4.78, 5) is 4.08. The summed E-state index contributed by atoms with van der Waals surface area (Å²) in [6.45, 7) is 0. The van der Waals surface area contributed by atoms with Crippen molar-refractivity contribution in [3.05, 3.63) is 52.9 Å². The zero-order valence-corrected chi connectivity index (χ0v) is 10.7. The van der Waals surface area contributed by atoms with Gasteiger partial charge in [-0.3, -0.25) is 4.98 Å². The summed E-state index contributed by atoms with van der Waals surface area (Å²) in [5.41, 5.74) is 12.4. The molecule has 2 aromatic rings. The number of nitrogens with two attached hydrogens (primary N) is 2. The van der Waals surface area contributed by atoms with Gasteiger partial charge >= 0.3 is 0 Å². The van der Waals surface area contributed by atoms with E-state index in [4.69, 9.17) is 16.9 Å². The first-order chi connectivity index (χ1) is 9.52. The lowest BCUT2D eigenvalue weighted by molar-refractivity contribution is 0.557. The summed E-state index contributed by atoms with van der Waals surface area (Å²) in [7, 11) is 0. The van der Waals surface area contributed by atoms with E-state index in [1.807, 2.05) is 0 Å². The number of nitrogens with one attached hydrogen (secondary N) is 1. The van der Waals surface area contributed by atoms with Gasteiger partial charge in [0.25, 0.3) is 0 Å². The second kappa shape index (κ2) is 5.64. The molecule has 0 bridgehead atoms. The zero-order chi connectivity index (χ0) is 14.7. The lowest BCUT2D eigenvalue weighted by atomic mass is 10.0. The van der Waals surface area contributed by atoms with Crippen molar-refractivity contribution >= 4 is 17.6 Å². The number of rotatable bonds is 4. The molecular formula is C14H14F2N4. The number of hydrogen-bond donors (Lipinski definition) is 3. The summed E-state index contributed by atoms with van der Waals surface area (Å²) < 4.78 is 27.3. The first-order valence-electron chi connectivity index (χ1n) is 6.00. The molecular weight excluding hydrogens is 262 g/mol. The molecule has 0 fully saturated rings. The van der Waals surface area contributed by atoms with Gasteiger partial charge in [0.2, 0.25) is 0 Å². The smallest absolute Gasteiger partial charge is 0.152 e. The van der Waals surface area contributed by atoms with Gasteiger partial charge in [-0.25, -0.2) is 8.78 Å². The summed E-state index contributed by atoms with van der Waals surface area (Å²) >= 11 is 0. The molecule has 4 nitrogen and oxygen atoms in total. The highest BCUT2D eigenvalue weighted by Gasteiger charge is 2.12. The van der Waals surface area contributed by atoms with Crippen molar-refractivity contribution in [2.75, 3.05) is 11.5 Å². The molecule has 6 heteroatoms. The molecule has 0 radical (unpaired) electrons. The molecule has 0 aliphatic heterocycles. The minimum Gasteiger partial charge on any atom is -0.397 e. The van der Waals surface area contributed by atoms with Crippen molar-refractivity contribution in [1.29, 1.82) is 5.41 Å². The molecule has 1 aromatic heterocycles. The molecule has 2 rings (SSSR count). The van der Waals surface area contributed by atoms with E-state index in [9.17, 15) is 8.78 Å². The van der Waals surface area contributed by atoms with Crippen molar-refractivity contribution in [2.24, 2.45) is 0 Å². The van der Waals surface area contributed by atoms with Crippen molar-refractivity contribution < 1.29 is 8.78 Å². The average molecular weight is 276 g/mol. The van der Waals surface area contributed by atoms with Crippen LogP contribution in [0.5, 0.6) is 0 Å².